The molecule has 7 nitrogen and oxygen atoms in total. The van der Waals surface area contributed by atoms with Crippen LogP contribution in [0, 0.1) is 0 Å². The molecule has 8 heteroatoms. The van der Waals surface area contributed by atoms with E-state index in [4.69, 9.17) is 13.9 Å². The number of hydrogen-bond acceptors (Lipinski definition) is 7. The van der Waals surface area contributed by atoms with Crippen LogP contribution in [0.2, 0.25) is 0 Å². The van der Waals surface area contributed by atoms with Gasteiger partial charge in [0.2, 0.25) is 5.89 Å². The zero-order chi connectivity index (χ0) is 17.9. The lowest BCUT2D eigenvalue weighted by Crippen LogP contribution is -1.88. The van der Waals surface area contributed by atoms with Crippen molar-refractivity contribution in [3.63, 3.8) is 0 Å². The standard InChI is InChI=1S/C18H16N4O3S/c1-23-14-7-12(8-15(9-14)24-2)17-20-21-18(25-17)26-11-13-10-22-6-4-3-5-16(22)19-13/h3-10H,11H2,1-2H3. The molecule has 0 atom stereocenters. The van der Waals surface area contributed by atoms with E-state index in [1.807, 2.05) is 47.1 Å². The molecule has 0 amide bonds. The van der Waals surface area contributed by atoms with Crippen LogP contribution in [-0.4, -0.2) is 33.8 Å². The maximum Gasteiger partial charge on any atom is 0.277 e. The van der Waals surface area contributed by atoms with E-state index >= 15 is 0 Å². The van der Waals surface area contributed by atoms with E-state index < -0.39 is 0 Å². The summed E-state index contributed by atoms with van der Waals surface area (Å²) in [5, 5.41) is 8.71. The van der Waals surface area contributed by atoms with E-state index in [-0.39, 0.29) is 0 Å². The third-order valence-electron chi connectivity index (χ3n) is 3.76. The fourth-order valence-corrected chi connectivity index (χ4v) is 3.15. The number of fused-ring (bicyclic) bond motifs is 1. The van der Waals surface area contributed by atoms with Crippen molar-refractivity contribution >= 4 is 17.4 Å². The van der Waals surface area contributed by atoms with Crippen LogP contribution in [0.15, 0.2) is 58.4 Å². The number of imidazole rings is 1. The van der Waals surface area contributed by atoms with Gasteiger partial charge < -0.3 is 18.3 Å². The van der Waals surface area contributed by atoms with Gasteiger partial charge in [0.25, 0.3) is 5.22 Å². The molecule has 0 saturated heterocycles. The van der Waals surface area contributed by atoms with Crippen LogP contribution >= 0.6 is 11.8 Å². The van der Waals surface area contributed by atoms with Crippen molar-refractivity contribution < 1.29 is 13.9 Å². The number of hydrogen-bond donors (Lipinski definition) is 0. The summed E-state index contributed by atoms with van der Waals surface area (Å²) >= 11 is 1.45. The predicted octanol–water partition coefficient (Wildman–Crippen LogP) is 3.69. The minimum Gasteiger partial charge on any atom is -0.497 e. The molecule has 0 unspecified atom stereocenters. The van der Waals surface area contributed by atoms with Crippen LogP contribution in [0.5, 0.6) is 11.5 Å². The Bertz CT molecular complexity index is 989. The van der Waals surface area contributed by atoms with Gasteiger partial charge in [0.1, 0.15) is 17.1 Å². The molecule has 0 aliphatic heterocycles. The fraction of sp³-hybridized carbons (Fsp3) is 0.167. The molecule has 0 spiro atoms. The van der Waals surface area contributed by atoms with Crippen molar-refractivity contribution in [2.75, 3.05) is 14.2 Å². The van der Waals surface area contributed by atoms with Crippen LogP contribution < -0.4 is 9.47 Å². The second kappa shape index (κ2) is 7.09. The highest BCUT2D eigenvalue weighted by Crippen LogP contribution is 2.31. The van der Waals surface area contributed by atoms with E-state index in [0.717, 1.165) is 16.9 Å². The summed E-state index contributed by atoms with van der Waals surface area (Å²) in [6, 6.07) is 11.3. The lowest BCUT2D eigenvalue weighted by Gasteiger charge is -2.05. The fourth-order valence-electron chi connectivity index (χ4n) is 2.51. The molecule has 0 radical (unpaired) electrons. The highest BCUT2D eigenvalue weighted by atomic mass is 32.2. The summed E-state index contributed by atoms with van der Waals surface area (Å²) in [4.78, 5) is 4.56. The van der Waals surface area contributed by atoms with E-state index in [1.54, 1.807) is 20.3 Å². The largest absolute Gasteiger partial charge is 0.497 e. The smallest absolute Gasteiger partial charge is 0.277 e. The van der Waals surface area contributed by atoms with E-state index in [2.05, 4.69) is 15.2 Å². The van der Waals surface area contributed by atoms with Gasteiger partial charge in [-0.1, -0.05) is 17.8 Å². The molecule has 0 fully saturated rings. The number of methoxy groups -OCH3 is 2. The van der Waals surface area contributed by atoms with E-state index in [1.165, 1.54) is 11.8 Å². The maximum absolute atomic E-state index is 5.76. The molecular weight excluding hydrogens is 352 g/mol. The van der Waals surface area contributed by atoms with Gasteiger partial charge in [-0.2, -0.15) is 0 Å². The summed E-state index contributed by atoms with van der Waals surface area (Å²) in [5.74, 6) is 2.39. The number of benzene rings is 1. The summed E-state index contributed by atoms with van der Waals surface area (Å²) < 4.78 is 18.3. The molecule has 0 aliphatic rings. The molecular formula is C18H16N4O3S. The molecule has 0 bridgehead atoms. The summed E-state index contributed by atoms with van der Waals surface area (Å²) in [6.45, 7) is 0. The minimum atomic E-state index is 0.416. The van der Waals surface area contributed by atoms with Crippen LogP contribution in [0.25, 0.3) is 17.1 Å². The molecule has 0 saturated carbocycles. The Labute approximate surface area is 154 Å². The minimum absolute atomic E-state index is 0.416. The van der Waals surface area contributed by atoms with Crippen LogP contribution in [0.3, 0.4) is 0 Å². The van der Waals surface area contributed by atoms with Crippen molar-refractivity contribution in [2.45, 2.75) is 11.0 Å². The summed E-state index contributed by atoms with van der Waals surface area (Å²) in [6.07, 6.45) is 3.96. The first-order chi connectivity index (χ1) is 12.7. The number of thioether (sulfide) groups is 1. The van der Waals surface area contributed by atoms with E-state index in [9.17, 15) is 0 Å². The van der Waals surface area contributed by atoms with Crippen molar-refractivity contribution in [1.29, 1.82) is 0 Å². The Hall–Kier alpha value is -3.00. The molecule has 132 valence electrons. The Morgan fingerprint density at radius 1 is 1.08 bits per heavy atom. The van der Waals surface area contributed by atoms with Crippen molar-refractivity contribution in [3.8, 4) is 23.0 Å². The van der Waals surface area contributed by atoms with Crippen LogP contribution in [0.1, 0.15) is 5.69 Å². The topological polar surface area (TPSA) is 74.7 Å². The Morgan fingerprint density at radius 3 is 2.62 bits per heavy atom. The molecule has 3 heterocycles. The summed E-state index contributed by atoms with van der Waals surface area (Å²) in [5.41, 5.74) is 2.61. The lowest BCUT2D eigenvalue weighted by molar-refractivity contribution is 0.394. The molecule has 3 aromatic heterocycles. The number of aromatic nitrogens is 4. The van der Waals surface area contributed by atoms with Gasteiger partial charge in [-0.25, -0.2) is 4.98 Å². The highest BCUT2D eigenvalue weighted by molar-refractivity contribution is 7.98. The first-order valence-corrected chi connectivity index (χ1v) is 8.86. The molecule has 4 aromatic rings. The monoisotopic (exact) mass is 368 g/mol. The Morgan fingerprint density at radius 2 is 1.88 bits per heavy atom. The molecule has 26 heavy (non-hydrogen) atoms. The molecule has 4 rings (SSSR count). The third kappa shape index (κ3) is 3.36. The van der Waals surface area contributed by atoms with Crippen LogP contribution in [-0.2, 0) is 5.75 Å². The van der Waals surface area contributed by atoms with Gasteiger partial charge in [0.15, 0.2) is 0 Å². The quantitative estimate of drug-likeness (QED) is 0.480. The van der Waals surface area contributed by atoms with Crippen LogP contribution in [0.4, 0.5) is 0 Å². The van der Waals surface area contributed by atoms with Crippen molar-refractivity contribution in [2.24, 2.45) is 0 Å². The lowest BCUT2D eigenvalue weighted by atomic mass is 10.2. The zero-order valence-electron chi connectivity index (χ0n) is 14.2. The van der Waals surface area contributed by atoms with Gasteiger partial charge in [-0.05, 0) is 24.3 Å². The first-order valence-electron chi connectivity index (χ1n) is 7.87. The van der Waals surface area contributed by atoms with Gasteiger partial charge in [-0.15, -0.1) is 10.2 Å². The van der Waals surface area contributed by atoms with Gasteiger partial charge in [0, 0.05) is 29.8 Å². The van der Waals surface area contributed by atoms with Gasteiger partial charge in [-0.3, -0.25) is 0 Å². The molecule has 0 aliphatic carbocycles. The molecule has 1 aromatic carbocycles. The normalized spacial score (nSPS) is 11.0. The van der Waals surface area contributed by atoms with Crippen molar-refractivity contribution in [1.82, 2.24) is 19.6 Å². The highest BCUT2D eigenvalue weighted by Gasteiger charge is 2.13. The zero-order valence-corrected chi connectivity index (χ0v) is 15.1. The predicted molar refractivity (Wildman–Crippen MR) is 97.6 cm³/mol. The first kappa shape index (κ1) is 16.5. The van der Waals surface area contributed by atoms with Gasteiger partial charge >= 0.3 is 0 Å². The van der Waals surface area contributed by atoms with Gasteiger partial charge in [0.05, 0.1) is 19.9 Å². The number of rotatable bonds is 6. The average molecular weight is 368 g/mol. The van der Waals surface area contributed by atoms with Crippen molar-refractivity contribution in [3.05, 3.63) is 54.5 Å². The summed E-state index contributed by atoms with van der Waals surface area (Å²) in [7, 11) is 3.20. The number of pyridine rings is 1. The SMILES string of the molecule is COc1cc(OC)cc(-c2nnc(SCc3cn4ccccc4n3)o2)c1. The van der Waals surface area contributed by atoms with E-state index in [0.29, 0.717) is 28.4 Å². The third-order valence-corrected chi connectivity index (χ3v) is 4.61. The number of nitrogens with zero attached hydrogens (tertiary/aromatic N) is 4. The second-order valence-corrected chi connectivity index (χ2v) is 6.39. The Balaban J connectivity index is 1.51. The average Bonchev–Trinajstić information content (AvgIpc) is 3.32. The Kier molecular flexibility index (Phi) is 4.49. The number of ether oxygens (including phenoxy) is 2. The second-order valence-electron chi connectivity index (χ2n) is 5.46. The maximum atomic E-state index is 5.76. The molecule has 0 N–H and O–H groups in total.